The molecule has 0 radical (unpaired) electrons. The number of esters is 1. The number of hydrogen-bond acceptors (Lipinski definition) is 4. The molecule has 1 aliphatic heterocycles. The Morgan fingerprint density at radius 3 is 2.15 bits per heavy atom. The van der Waals surface area contributed by atoms with Crippen LogP contribution in [0.25, 0.3) is 0 Å². The van der Waals surface area contributed by atoms with Crippen molar-refractivity contribution in [2.75, 3.05) is 0 Å². The van der Waals surface area contributed by atoms with Gasteiger partial charge in [-0.3, -0.25) is 14.5 Å². The third kappa shape index (κ3) is 4.23. The van der Waals surface area contributed by atoms with Gasteiger partial charge in [-0.05, 0) is 35.4 Å². The molecule has 0 aromatic heterocycles. The van der Waals surface area contributed by atoms with E-state index in [0.29, 0.717) is 15.6 Å². The lowest BCUT2D eigenvalue weighted by molar-refractivity contribution is -0.139. The van der Waals surface area contributed by atoms with Gasteiger partial charge in [0.05, 0.1) is 22.2 Å². The first-order valence-corrected chi connectivity index (χ1v) is 8.73. The number of rotatable bonds is 5. The minimum absolute atomic E-state index is 0.0776. The molecule has 7 heteroatoms. The SMILES string of the molecule is O=C(OCc1ccc(Cl)c(Cl)c1)c1ccc(CN2C(=O)CCC2=O)cc1. The first kappa shape index (κ1) is 18.4. The van der Waals surface area contributed by atoms with Gasteiger partial charge >= 0.3 is 5.97 Å². The zero-order chi connectivity index (χ0) is 18.7. The molecule has 2 aromatic carbocycles. The highest BCUT2D eigenvalue weighted by Crippen LogP contribution is 2.23. The van der Waals surface area contributed by atoms with Gasteiger partial charge in [-0.2, -0.15) is 0 Å². The molecule has 1 heterocycles. The molecule has 0 bridgehead atoms. The molecule has 0 unspecified atom stereocenters. The molecule has 1 fully saturated rings. The zero-order valence-electron chi connectivity index (χ0n) is 13.7. The van der Waals surface area contributed by atoms with Crippen molar-refractivity contribution >= 4 is 41.0 Å². The lowest BCUT2D eigenvalue weighted by atomic mass is 10.1. The fraction of sp³-hybridized carbons (Fsp3) is 0.211. The largest absolute Gasteiger partial charge is 0.457 e. The number of carbonyl (C=O) groups is 3. The van der Waals surface area contributed by atoms with Gasteiger partial charge in [0.15, 0.2) is 0 Å². The molecular formula is C19H15Cl2NO4. The van der Waals surface area contributed by atoms with Gasteiger partial charge < -0.3 is 4.74 Å². The molecule has 2 amide bonds. The van der Waals surface area contributed by atoms with E-state index in [1.54, 1.807) is 42.5 Å². The van der Waals surface area contributed by atoms with Gasteiger partial charge in [-0.15, -0.1) is 0 Å². The van der Waals surface area contributed by atoms with Crippen LogP contribution in [0.4, 0.5) is 0 Å². The van der Waals surface area contributed by atoms with E-state index >= 15 is 0 Å². The number of halogens is 2. The molecule has 0 spiro atoms. The monoisotopic (exact) mass is 391 g/mol. The molecule has 0 saturated carbocycles. The van der Waals surface area contributed by atoms with Gasteiger partial charge in [0, 0.05) is 12.8 Å². The Kier molecular flexibility index (Phi) is 5.59. The second-order valence-corrected chi connectivity index (χ2v) is 6.71. The van der Waals surface area contributed by atoms with Crippen molar-refractivity contribution in [1.82, 2.24) is 4.90 Å². The Morgan fingerprint density at radius 1 is 0.923 bits per heavy atom. The average molecular weight is 392 g/mol. The van der Waals surface area contributed by atoms with E-state index in [0.717, 1.165) is 11.1 Å². The highest BCUT2D eigenvalue weighted by atomic mass is 35.5. The van der Waals surface area contributed by atoms with Crippen LogP contribution in [0.15, 0.2) is 42.5 Å². The van der Waals surface area contributed by atoms with Crippen LogP contribution in [-0.2, 0) is 27.5 Å². The van der Waals surface area contributed by atoms with Crippen molar-refractivity contribution in [3.05, 3.63) is 69.2 Å². The standard InChI is InChI=1S/C19H15Cl2NO4/c20-15-6-3-13(9-16(15)21)11-26-19(25)14-4-1-12(2-5-14)10-22-17(23)7-8-18(22)24/h1-6,9H,7-8,10-11H2. The van der Waals surface area contributed by atoms with Crippen LogP contribution < -0.4 is 0 Å². The number of hydrogen-bond donors (Lipinski definition) is 0. The molecule has 2 aromatic rings. The van der Waals surface area contributed by atoms with Gasteiger partial charge in [-0.1, -0.05) is 41.4 Å². The molecule has 26 heavy (non-hydrogen) atoms. The quantitative estimate of drug-likeness (QED) is 0.570. The Balaban J connectivity index is 1.59. The number of likely N-dealkylation sites (tertiary alicyclic amines) is 1. The molecule has 0 aliphatic carbocycles. The van der Waals surface area contributed by atoms with Crippen LogP contribution in [-0.4, -0.2) is 22.7 Å². The maximum atomic E-state index is 12.1. The highest BCUT2D eigenvalue weighted by molar-refractivity contribution is 6.42. The summed E-state index contributed by atoms with van der Waals surface area (Å²) in [6.45, 7) is 0.296. The van der Waals surface area contributed by atoms with Gasteiger partial charge in [-0.25, -0.2) is 4.79 Å². The molecule has 134 valence electrons. The molecule has 3 rings (SSSR count). The summed E-state index contributed by atoms with van der Waals surface area (Å²) in [7, 11) is 0. The van der Waals surface area contributed by atoms with Crippen molar-refractivity contribution in [2.45, 2.75) is 26.0 Å². The molecule has 0 atom stereocenters. The third-order valence-corrected chi connectivity index (χ3v) is 4.78. The lowest BCUT2D eigenvalue weighted by Gasteiger charge is -2.13. The third-order valence-electron chi connectivity index (χ3n) is 4.04. The minimum atomic E-state index is -0.476. The Morgan fingerprint density at radius 2 is 1.54 bits per heavy atom. The number of imide groups is 1. The van der Waals surface area contributed by atoms with Crippen LogP contribution in [0.1, 0.15) is 34.3 Å². The van der Waals surface area contributed by atoms with Crippen molar-refractivity contribution in [3.8, 4) is 0 Å². The molecule has 1 saturated heterocycles. The highest BCUT2D eigenvalue weighted by Gasteiger charge is 2.28. The smallest absolute Gasteiger partial charge is 0.338 e. The van der Waals surface area contributed by atoms with E-state index in [1.165, 1.54) is 4.90 Å². The maximum absolute atomic E-state index is 12.1. The number of ether oxygens (including phenoxy) is 1. The molecule has 1 aliphatic rings. The normalized spacial score (nSPS) is 14.0. The summed E-state index contributed by atoms with van der Waals surface area (Å²) in [4.78, 5) is 36.6. The van der Waals surface area contributed by atoms with E-state index in [1.807, 2.05) is 0 Å². The zero-order valence-corrected chi connectivity index (χ0v) is 15.2. The second-order valence-electron chi connectivity index (χ2n) is 5.90. The molecule has 5 nitrogen and oxygen atoms in total. The average Bonchev–Trinajstić information content (AvgIpc) is 2.95. The first-order chi connectivity index (χ1) is 12.4. The van der Waals surface area contributed by atoms with Crippen LogP contribution in [0, 0.1) is 0 Å². The van der Waals surface area contributed by atoms with E-state index < -0.39 is 5.97 Å². The predicted molar refractivity (Wildman–Crippen MR) is 96.8 cm³/mol. The number of nitrogens with zero attached hydrogens (tertiary/aromatic N) is 1. The fourth-order valence-corrected chi connectivity index (χ4v) is 2.91. The molecular weight excluding hydrogens is 377 g/mol. The Labute approximate surface area is 160 Å². The predicted octanol–water partition coefficient (Wildman–Crippen LogP) is 4.00. The summed E-state index contributed by atoms with van der Waals surface area (Å²) < 4.78 is 5.26. The minimum Gasteiger partial charge on any atom is -0.457 e. The van der Waals surface area contributed by atoms with Gasteiger partial charge in [0.25, 0.3) is 0 Å². The molecule has 0 N–H and O–H groups in total. The topological polar surface area (TPSA) is 63.7 Å². The van der Waals surface area contributed by atoms with E-state index in [-0.39, 0.29) is 37.8 Å². The lowest BCUT2D eigenvalue weighted by Crippen LogP contribution is -2.28. The van der Waals surface area contributed by atoms with Crippen LogP contribution in [0.5, 0.6) is 0 Å². The fourth-order valence-electron chi connectivity index (χ4n) is 2.59. The number of benzene rings is 2. The summed E-state index contributed by atoms with van der Waals surface area (Å²) in [5, 5.41) is 0.836. The van der Waals surface area contributed by atoms with E-state index in [9.17, 15) is 14.4 Å². The van der Waals surface area contributed by atoms with Crippen LogP contribution in [0.2, 0.25) is 10.0 Å². The van der Waals surface area contributed by atoms with Crippen molar-refractivity contribution in [2.24, 2.45) is 0 Å². The maximum Gasteiger partial charge on any atom is 0.338 e. The Hall–Kier alpha value is -2.37. The van der Waals surface area contributed by atoms with Crippen LogP contribution in [0.3, 0.4) is 0 Å². The first-order valence-electron chi connectivity index (χ1n) is 7.97. The van der Waals surface area contributed by atoms with Crippen molar-refractivity contribution in [1.29, 1.82) is 0 Å². The van der Waals surface area contributed by atoms with Crippen molar-refractivity contribution < 1.29 is 19.1 Å². The summed E-state index contributed by atoms with van der Waals surface area (Å²) in [5.41, 5.74) is 1.89. The van der Waals surface area contributed by atoms with Gasteiger partial charge in [0.2, 0.25) is 11.8 Å². The summed E-state index contributed by atoms with van der Waals surface area (Å²) in [6.07, 6.45) is 0.524. The summed E-state index contributed by atoms with van der Waals surface area (Å²) in [6, 6.07) is 11.6. The number of amides is 2. The van der Waals surface area contributed by atoms with Crippen LogP contribution >= 0.6 is 23.2 Å². The Bertz CT molecular complexity index is 848. The van der Waals surface area contributed by atoms with E-state index in [4.69, 9.17) is 27.9 Å². The van der Waals surface area contributed by atoms with Crippen molar-refractivity contribution in [3.63, 3.8) is 0 Å². The number of carbonyl (C=O) groups excluding carboxylic acids is 3. The van der Waals surface area contributed by atoms with Gasteiger partial charge in [0.1, 0.15) is 6.61 Å². The summed E-state index contributed by atoms with van der Waals surface area (Å²) >= 11 is 11.8. The van der Waals surface area contributed by atoms with E-state index in [2.05, 4.69) is 0 Å². The summed E-state index contributed by atoms with van der Waals surface area (Å²) in [5.74, 6) is -0.809. The second kappa shape index (κ2) is 7.89.